The summed E-state index contributed by atoms with van der Waals surface area (Å²) >= 11 is 0. The minimum absolute atomic E-state index is 0.0632. The smallest absolute Gasteiger partial charge is 0.322 e. The SMILES string of the molecule is COc1cccc(C2CCCCN2C(=O)Nc2c(C)nn(C)c2C)c1. The van der Waals surface area contributed by atoms with Gasteiger partial charge in [-0.15, -0.1) is 0 Å². The molecule has 3 rings (SSSR count). The molecular weight excluding hydrogens is 316 g/mol. The zero-order chi connectivity index (χ0) is 18.0. The van der Waals surface area contributed by atoms with Crippen molar-refractivity contribution in [2.45, 2.75) is 39.2 Å². The van der Waals surface area contributed by atoms with Crippen LogP contribution in [-0.2, 0) is 7.05 Å². The first kappa shape index (κ1) is 17.3. The normalized spacial score (nSPS) is 17.4. The summed E-state index contributed by atoms with van der Waals surface area (Å²) < 4.78 is 7.13. The van der Waals surface area contributed by atoms with Crippen molar-refractivity contribution in [1.82, 2.24) is 14.7 Å². The molecule has 25 heavy (non-hydrogen) atoms. The van der Waals surface area contributed by atoms with Crippen LogP contribution in [0.5, 0.6) is 5.75 Å². The summed E-state index contributed by atoms with van der Waals surface area (Å²) in [4.78, 5) is 14.9. The van der Waals surface area contributed by atoms with E-state index < -0.39 is 0 Å². The van der Waals surface area contributed by atoms with E-state index in [1.165, 1.54) is 0 Å². The van der Waals surface area contributed by atoms with Gasteiger partial charge < -0.3 is 15.0 Å². The number of ether oxygens (including phenoxy) is 1. The van der Waals surface area contributed by atoms with Crippen molar-refractivity contribution in [2.75, 3.05) is 19.0 Å². The van der Waals surface area contributed by atoms with Crippen molar-refractivity contribution >= 4 is 11.7 Å². The Bertz CT molecular complexity index is 769. The number of methoxy groups -OCH3 is 1. The molecule has 0 saturated carbocycles. The number of piperidine rings is 1. The Labute approximate surface area is 148 Å². The average molecular weight is 342 g/mol. The lowest BCUT2D eigenvalue weighted by Crippen LogP contribution is -2.41. The number of aryl methyl sites for hydroxylation is 2. The largest absolute Gasteiger partial charge is 0.497 e. The van der Waals surface area contributed by atoms with Crippen LogP contribution in [0, 0.1) is 13.8 Å². The highest BCUT2D eigenvalue weighted by Crippen LogP contribution is 2.33. The van der Waals surface area contributed by atoms with Gasteiger partial charge in [-0.05, 0) is 50.8 Å². The predicted octanol–water partition coefficient (Wildman–Crippen LogP) is 3.80. The molecule has 2 amide bonds. The van der Waals surface area contributed by atoms with Crippen LogP contribution >= 0.6 is 0 Å². The van der Waals surface area contributed by atoms with E-state index in [0.717, 1.165) is 54.2 Å². The summed E-state index contributed by atoms with van der Waals surface area (Å²) in [6.45, 7) is 4.63. The molecule has 1 aliphatic rings. The summed E-state index contributed by atoms with van der Waals surface area (Å²) in [6, 6.07) is 8.01. The van der Waals surface area contributed by atoms with E-state index in [-0.39, 0.29) is 12.1 Å². The first-order valence-corrected chi connectivity index (χ1v) is 8.73. The maximum atomic E-state index is 13.0. The number of urea groups is 1. The molecule has 1 atom stereocenters. The molecule has 2 aromatic rings. The fourth-order valence-electron chi connectivity index (χ4n) is 3.50. The van der Waals surface area contributed by atoms with Crippen LogP contribution in [0.4, 0.5) is 10.5 Å². The highest BCUT2D eigenvalue weighted by atomic mass is 16.5. The number of anilines is 1. The zero-order valence-corrected chi connectivity index (χ0v) is 15.4. The molecule has 2 heterocycles. The Morgan fingerprint density at radius 3 is 2.80 bits per heavy atom. The summed E-state index contributed by atoms with van der Waals surface area (Å²) in [5.74, 6) is 0.822. The van der Waals surface area contributed by atoms with E-state index in [4.69, 9.17) is 4.74 Å². The number of nitrogens with one attached hydrogen (secondary N) is 1. The molecule has 6 heteroatoms. The number of benzene rings is 1. The van der Waals surface area contributed by atoms with E-state index in [9.17, 15) is 4.79 Å². The lowest BCUT2D eigenvalue weighted by atomic mass is 9.95. The van der Waals surface area contributed by atoms with Gasteiger partial charge in [0.1, 0.15) is 5.75 Å². The van der Waals surface area contributed by atoms with Crippen LogP contribution in [0.2, 0.25) is 0 Å². The van der Waals surface area contributed by atoms with Crippen molar-refractivity contribution in [3.05, 3.63) is 41.2 Å². The number of carbonyl (C=O) groups excluding carboxylic acids is 1. The topological polar surface area (TPSA) is 59.4 Å². The van der Waals surface area contributed by atoms with Crippen LogP contribution in [-0.4, -0.2) is 34.4 Å². The molecule has 0 radical (unpaired) electrons. The number of hydrogen-bond acceptors (Lipinski definition) is 3. The predicted molar refractivity (Wildman–Crippen MR) is 98.0 cm³/mol. The van der Waals surface area contributed by atoms with Gasteiger partial charge in [0, 0.05) is 13.6 Å². The van der Waals surface area contributed by atoms with Crippen LogP contribution in [0.15, 0.2) is 24.3 Å². The minimum Gasteiger partial charge on any atom is -0.497 e. The lowest BCUT2D eigenvalue weighted by Gasteiger charge is -2.36. The molecule has 1 saturated heterocycles. The molecular formula is C19H26N4O2. The first-order valence-electron chi connectivity index (χ1n) is 8.73. The first-order chi connectivity index (χ1) is 12.0. The number of nitrogens with zero attached hydrogens (tertiary/aromatic N) is 3. The van der Waals surface area contributed by atoms with Crippen molar-refractivity contribution in [1.29, 1.82) is 0 Å². The summed E-state index contributed by atoms with van der Waals surface area (Å²) in [5.41, 5.74) is 3.72. The number of aromatic nitrogens is 2. The number of carbonyl (C=O) groups is 1. The number of hydrogen-bond donors (Lipinski definition) is 1. The molecule has 1 fully saturated rings. The van der Waals surface area contributed by atoms with Crippen LogP contribution in [0.25, 0.3) is 0 Å². The van der Waals surface area contributed by atoms with E-state index in [1.807, 2.05) is 44.0 Å². The number of rotatable bonds is 3. The molecule has 1 N–H and O–H groups in total. The van der Waals surface area contributed by atoms with E-state index in [2.05, 4.69) is 16.5 Å². The summed E-state index contributed by atoms with van der Waals surface area (Å²) in [7, 11) is 3.55. The van der Waals surface area contributed by atoms with Gasteiger partial charge in [0.25, 0.3) is 0 Å². The van der Waals surface area contributed by atoms with Gasteiger partial charge in [0.2, 0.25) is 0 Å². The quantitative estimate of drug-likeness (QED) is 0.923. The maximum Gasteiger partial charge on any atom is 0.322 e. The van der Waals surface area contributed by atoms with Crippen molar-refractivity contribution in [3.63, 3.8) is 0 Å². The minimum atomic E-state index is -0.0632. The summed E-state index contributed by atoms with van der Waals surface area (Å²) in [5, 5.41) is 7.45. The van der Waals surface area contributed by atoms with E-state index in [0.29, 0.717) is 0 Å². The van der Waals surface area contributed by atoms with Gasteiger partial charge in [-0.1, -0.05) is 12.1 Å². The second-order valence-corrected chi connectivity index (χ2v) is 6.58. The van der Waals surface area contributed by atoms with Gasteiger partial charge in [-0.2, -0.15) is 5.10 Å². The third kappa shape index (κ3) is 3.48. The van der Waals surface area contributed by atoms with Crippen LogP contribution in [0.3, 0.4) is 0 Å². The average Bonchev–Trinajstić information content (AvgIpc) is 2.88. The molecule has 1 unspecified atom stereocenters. The maximum absolute atomic E-state index is 13.0. The highest BCUT2D eigenvalue weighted by Gasteiger charge is 2.29. The fourth-order valence-corrected chi connectivity index (χ4v) is 3.50. The van der Waals surface area contributed by atoms with Gasteiger partial charge in [-0.25, -0.2) is 4.79 Å². The Hall–Kier alpha value is -2.50. The highest BCUT2D eigenvalue weighted by molar-refractivity contribution is 5.91. The van der Waals surface area contributed by atoms with E-state index in [1.54, 1.807) is 11.8 Å². The monoisotopic (exact) mass is 342 g/mol. The molecule has 0 spiro atoms. The van der Waals surface area contributed by atoms with Gasteiger partial charge in [0.15, 0.2) is 0 Å². The third-order valence-corrected chi connectivity index (χ3v) is 4.98. The van der Waals surface area contributed by atoms with Gasteiger partial charge in [0.05, 0.1) is 30.2 Å². The molecule has 1 aromatic carbocycles. The lowest BCUT2D eigenvalue weighted by molar-refractivity contribution is 0.163. The van der Waals surface area contributed by atoms with Crippen molar-refractivity contribution in [3.8, 4) is 5.75 Å². The van der Waals surface area contributed by atoms with E-state index >= 15 is 0 Å². The van der Waals surface area contributed by atoms with Gasteiger partial charge >= 0.3 is 6.03 Å². The van der Waals surface area contributed by atoms with Gasteiger partial charge in [-0.3, -0.25) is 4.68 Å². The Morgan fingerprint density at radius 1 is 1.32 bits per heavy atom. The Kier molecular flexibility index (Phi) is 4.97. The van der Waals surface area contributed by atoms with Crippen molar-refractivity contribution in [2.24, 2.45) is 7.05 Å². The summed E-state index contributed by atoms with van der Waals surface area (Å²) in [6.07, 6.45) is 3.11. The zero-order valence-electron chi connectivity index (χ0n) is 15.4. The number of likely N-dealkylation sites (tertiary alicyclic amines) is 1. The Balaban J connectivity index is 1.83. The number of amides is 2. The standard InChI is InChI=1S/C19H26N4O2/c1-13-18(14(2)22(3)21-13)20-19(24)23-11-6-5-10-17(23)15-8-7-9-16(12-15)25-4/h7-9,12,17H,5-6,10-11H2,1-4H3,(H,20,24). The molecule has 1 aliphatic heterocycles. The molecule has 0 bridgehead atoms. The molecule has 134 valence electrons. The van der Waals surface area contributed by atoms with Crippen LogP contribution in [0.1, 0.15) is 42.3 Å². The third-order valence-electron chi connectivity index (χ3n) is 4.98. The van der Waals surface area contributed by atoms with Crippen molar-refractivity contribution < 1.29 is 9.53 Å². The second kappa shape index (κ2) is 7.17. The molecule has 1 aromatic heterocycles. The molecule has 6 nitrogen and oxygen atoms in total. The Morgan fingerprint density at radius 2 is 2.12 bits per heavy atom. The fraction of sp³-hybridized carbons (Fsp3) is 0.474. The molecule has 0 aliphatic carbocycles. The second-order valence-electron chi connectivity index (χ2n) is 6.58. The van der Waals surface area contributed by atoms with Crippen LogP contribution < -0.4 is 10.1 Å².